The van der Waals surface area contributed by atoms with Gasteiger partial charge in [-0.2, -0.15) is 0 Å². The Hall–Kier alpha value is -3.85. The third-order valence-corrected chi connectivity index (χ3v) is 5.66. The zero-order valence-corrected chi connectivity index (χ0v) is 16.5. The van der Waals surface area contributed by atoms with Gasteiger partial charge in [0, 0.05) is 17.8 Å². The number of ketones is 1. The maximum atomic E-state index is 13.4. The number of pyridine rings is 1. The third kappa shape index (κ3) is 2.79. The summed E-state index contributed by atoms with van der Waals surface area (Å²) in [4.78, 5) is 31.7. The van der Waals surface area contributed by atoms with Crippen LogP contribution in [0.5, 0.6) is 0 Å². The van der Waals surface area contributed by atoms with Gasteiger partial charge in [0.2, 0.25) is 10.9 Å². The van der Waals surface area contributed by atoms with Gasteiger partial charge in [0.15, 0.2) is 11.5 Å². The molecule has 0 saturated heterocycles. The van der Waals surface area contributed by atoms with Crippen LogP contribution in [0.4, 0.5) is 5.13 Å². The molecule has 1 atom stereocenters. The Morgan fingerprint density at radius 3 is 2.73 bits per heavy atom. The molecule has 4 heterocycles. The fourth-order valence-electron chi connectivity index (χ4n) is 3.50. The largest absolute Gasteiger partial charge is 0.503 e. The lowest BCUT2D eigenvalue weighted by atomic mass is 9.96. The van der Waals surface area contributed by atoms with Gasteiger partial charge in [-0.15, -0.1) is 10.2 Å². The van der Waals surface area contributed by atoms with Crippen LogP contribution in [-0.2, 0) is 4.79 Å². The van der Waals surface area contributed by atoms with Crippen LogP contribution >= 0.6 is 11.3 Å². The average Bonchev–Trinajstić information content (AvgIpc) is 3.45. The first-order valence-corrected chi connectivity index (χ1v) is 9.86. The Bertz CT molecular complexity index is 1290. The molecule has 148 valence electrons. The van der Waals surface area contributed by atoms with E-state index in [2.05, 4.69) is 15.2 Å². The summed E-state index contributed by atoms with van der Waals surface area (Å²) in [6.07, 6.45) is 3.13. The number of aliphatic hydroxyl groups excluding tert-OH is 1. The second-order valence-corrected chi connectivity index (χ2v) is 7.87. The molecule has 1 aliphatic rings. The first-order chi connectivity index (χ1) is 14.5. The predicted molar refractivity (Wildman–Crippen MR) is 109 cm³/mol. The first kappa shape index (κ1) is 18.2. The molecule has 3 aromatic heterocycles. The van der Waals surface area contributed by atoms with Gasteiger partial charge in [0.05, 0.1) is 11.6 Å². The number of carbonyl (C=O) groups is 2. The summed E-state index contributed by atoms with van der Waals surface area (Å²) in [6, 6.07) is 11.3. The zero-order chi connectivity index (χ0) is 20.8. The second kappa shape index (κ2) is 6.89. The summed E-state index contributed by atoms with van der Waals surface area (Å²) in [5.41, 5.74) is 1.02. The lowest BCUT2D eigenvalue weighted by molar-refractivity contribution is -0.117. The third-order valence-electron chi connectivity index (χ3n) is 4.82. The molecule has 1 amide bonds. The molecule has 1 aromatic carbocycles. The smallest absolute Gasteiger partial charge is 0.296 e. The summed E-state index contributed by atoms with van der Waals surface area (Å²) in [6.45, 7) is 1.76. The number of aliphatic hydroxyl groups is 1. The van der Waals surface area contributed by atoms with Crippen molar-refractivity contribution in [3.05, 3.63) is 82.5 Å². The lowest BCUT2D eigenvalue weighted by Crippen LogP contribution is -2.31. The highest BCUT2D eigenvalue weighted by atomic mass is 32.1. The van der Waals surface area contributed by atoms with E-state index >= 15 is 0 Å². The van der Waals surface area contributed by atoms with Gasteiger partial charge in [-0.1, -0.05) is 35.6 Å². The summed E-state index contributed by atoms with van der Waals surface area (Å²) < 4.78 is 5.69. The van der Waals surface area contributed by atoms with Crippen molar-refractivity contribution in [3.8, 4) is 0 Å². The highest BCUT2D eigenvalue weighted by Crippen LogP contribution is 2.42. The molecule has 1 aliphatic heterocycles. The molecule has 5 rings (SSSR count). The number of para-hydroxylation sites is 1. The number of carbonyl (C=O) groups excluding carboxylic acids is 2. The van der Waals surface area contributed by atoms with E-state index in [0.29, 0.717) is 16.2 Å². The van der Waals surface area contributed by atoms with Crippen LogP contribution in [0.25, 0.3) is 11.0 Å². The fourth-order valence-corrected chi connectivity index (χ4v) is 4.21. The van der Waals surface area contributed by atoms with Crippen LogP contribution in [0.3, 0.4) is 0 Å². The Labute approximate surface area is 174 Å². The predicted octanol–water partition coefficient (Wildman–Crippen LogP) is 3.77. The topological polar surface area (TPSA) is 109 Å². The van der Waals surface area contributed by atoms with E-state index < -0.39 is 23.5 Å². The summed E-state index contributed by atoms with van der Waals surface area (Å²) in [5, 5.41) is 20.4. The number of hydrogen-bond acceptors (Lipinski definition) is 8. The number of aromatic nitrogens is 3. The molecule has 30 heavy (non-hydrogen) atoms. The zero-order valence-electron chi connectivity index (χ0n) is 15.6. The molecular weight excluding hydrogens is 404 g/mol. The molecular formula is C21H14N4O4S. The van der Waals surface area contributed by atoms with Gasteiger partial charge in [-0.05, 0) is 30.7 Å². The van der Waals surface area contributed by atoms with Gasteiger partial charge in [0.25, 0.3) is 5.91 Å². The van der Waals surface area contributed by atoms with Crippen molar-refractivity contribution in [2.24, 2.45) is 0 Å². The Morgan fingerprint density at radius 1 is 1.20 bits per heavy atom. The molecule has 0 saturated carbocycles. The van der Waals surface area contributed by atoms with E-state index in [1.54, 1.807) is 49.6 Å². The van der Waals surface area contributed by atoms with Crippen molar-refractivity contribution in [1.29, 1.82) is 0 Å². The number of furan rings is 1. The number of anilines is 1. The minimum atomic E-state index is -0.903. The van der Waals surface area contributed by atoms with E-state index in [1.165, 1.54) is 16.2 Å². The van der Waals surface area contributed by atoms with Crippen LogP contribution in [0, 0.1) is 6.92 Å². The van der Waals surface area contributed by atoms with Gasteiger partial charge >= 0.3 is 0 Å². The minimum Gasteiger partial charge on any atom is -0.503 e. The number of fused-ring (bicyclic) bond motifs is 1. The average molecular weight is 418 g/mol. The quantitative estimate of drug-likeness (QED) is 0.502. The summed E-state index contributed by atoms with van der Waals surface area (Å²) in [5.74, 6) is -1.90. The van der Waals surface area contributed by atoms with Crippen molar-refractivity contribution in [2.75, 3.05) is 4.90 Å². The van der Waals surface area contributed by atoms with Gasteiger partial charge in [0.1, 0.15) is 10.6 Å². The monoisotopic (exact) mass is 418 g/mol. The molecule has 0 radical (unpaired) electrons. The number of benzene rings is 1. The van der Waals surface area contributed by atoms with Crippen LogP contribution < -0.4 is 4.90 Å². The van der Waals surface area contributed by atoms with Crippen LogP contribution in [0.1, 0.15) is 27.2 Å². The summed E-state index contributed by atoms with van der Waals surface area (Å²) in [7, 11) is 0. The van der Waals surface area contributed by atoms with Crippen molar-refractivity contribution >= 4 is 39.1 Å². The Kier molecular flexibility index (Phi) is 4.18. The maximum Gasteiger partial charge on any atom is 0.296 e. The van der Waals surface area contributed by atoms with E-state index in [1.807, 2.05) is 12.1 Å². The van der Waals surface area contributed by atoms with Crippen LogP contribution in [-0.4, -0.2) is 32.0 Å². The minimum absolute atomic E-state index is 0.0368. The first-order valence-electron chi connectivity index (χ1n) is 9.04. The second-order valence-electron chi connectivity index (χ2n) is 6.71. The number of hydrogen-bond donors (Lipinski definition) is 1. The molecule has 0 fully saturated rings. The molecule has 8 nitrogen and oxygen atoms in total. The SMILES string of the molecule is Cc1nnc(N2C(=O)C(O)=C(C(=O)c3cc4ccccc4o3)C2c2cccnc2)s1. The number of nitrogens with zero attached hydrogens (tertiary/aromatic N) is 4. The van der Waals surface area contributed by atoms with E-state index in [-0.39, 0.29) is 16.5 Å². The van der Waals surface area contributed by atoms with Crippen LogP contribution in [0.2, 0.25) is 0 Å². The lowest BCUT2D eigenvalue weighted by Gasteiger charge is -2.23. The van der Waals surface area contributed by atoms with Gasteiger partial charge in [-0.3, -0.25) is 19.5 Å². The van der Waals surface area contributed by atoms with Crippen LogP contribution in [0.15, 0.2) is 70.6 Å². The van der Waals surface area contributed by atoms with Crippen molar-refractivity contribution in [3.63, 3.8) is 0 Å². The van der Waals surface area contributed by atoms with Crippen molar-refractivity contribution in [1.82, 2.24) is 15.2 Å². The number of aryl methyl sites for hydroxylation is 1. The Morgan fingerprint density at radius 2 is 2.03 bits per heavy atom. The molecule has 0 aliphatic carbocycles. The Balaban J connectivity index is 1.66. The van der Waals surface area contributed by atoms with Gasteiger partial charge < -0.3 is 9.52 Å². The molecule has 1 unspecified atom stereocenters. The van der Waals surface area contributed by atoms with Crippen molar-refractivity contribution in [2.45, 2.75) is 13.0 Å². The molecule has 1 N–H and O–H groups in total. The molecule has 9 heteroatoms. The normalized spacial score (nSPS) is 16.6. The van der Waals surface area contributed by atoms with E-state index in [9.17, 15) is 14.7 Å². The van der Waals surface area contributed by atoms with Crippen molar-refractivity contribution < 1.29 is 19.1 Å². The highest BCUT2D eigenvalue weighted by molar-refractivity contribution is 7.15. The molecule has 0 spiro atoms. The molecule has 4 aromatic rings. The van der Waals surface area contributed by atoms with E-state index in [4.69, 9.17) is 4.42 Å². The number of amides is 1. The standard InChI is InChI=1S/C21H14N4O4S/c1-11-23-24-21(30-11)25-17(13-6-4-8-22-10-13)16(19(27)20(25)28)18(26)15-9-12-5-2-3-7-14(12)29-15/h2-10,17,27H,1H3. The summed E-state index contributed by atoms with van der Waals surface area (Å²) >= 11 is 1.19. The fraction of sp³-hybridized carbons (Fsp3) is 0.0952. The molecule has 0 bridgehead atoms. The number of Topliss-reactive ketones (excluding diaryl/α,β-unsaturated/α-hetero) is 1. The maximum absolute atomic E-state index is 13.4. The van der Waals surface area contributed by atoms with E-state index in [0.717, 1.165) is 5.39 Å². The highest BCUT2D eigenvalue weighted by Gasteiger charge is 2.46. The van der Waals surface area contributed by atoms with Gasteiger partial charge in [-0.25, -0.2) is 0 Å². The number of rotatable bonds is 4.